The van der Waals surface area contributed by atoms with Crippen LogP contribution in [0.4, 0.5) is 5.69 Å². The summed E-state index contributed by atoms with van der Waals surface area (Å²) < 4.78 is 4.67. The number of aromatic nitrogens is 1. The molecule has 28 heavy (non-hydrogen) atoms. The summed E-state index contributed by atoms with van der Waals surface area (Å²) in [6.07, 6.45) is 3.31. The first kappa shape index (κ1) is 19.3. The van der Waals surface area contributed by atoms with Crippen LogP contribution in [0.1, 0.15) is 27.9 Å². The highest BCUT2D eigenvalue weighted by Crippen LogP contribution is 2.25. The molecule has 8 heteroatoms. The third kappa shape index (κ3) is 4.46. The molecule has 2 amide bonds. The zero-order valence-corrected chi connectivity index (χ0v) is 15.8. The van der Waals surface area contributed by atoms with E-state index < -0.39 is 12.0 Å². The number of esters is 1. The molecule has 2 N–H and O–H groups in total. The third-order valence-corrected chi connectivity index (χ3v) is 4.55. The van der Waals surface area contributed by atoms with Gasteiger partial charge in [-0.25, -0.2) is 0 Å². The summed E-state index contributed by atoms with van der Waals surface area (Å²) in [6.45, 7) is 0.712. The third-order valence-electron chi connectivity index (χ3n) is 4.55. The Hall–Kier alpha value is -3.42. The Labute approximate surface area is 162 Å². The van der Waals surface area contributed by atoms with Crippen LogP contribution in [0.25, 0.3) is 0 Å². The van der Waals surface area contributed by atoms with E-state index >= 15 is 0 Å². The number of anilines is 1. The molecule has 2 aromatic rings. The Morgan fingerprint density at radius 2 is 2.18 bits per heavy atom. The van der Waals surface area contributed by atoms with Gasteiger partial charge in [0.05, 0.1) is 13.5 Å². The molecule has 0 saturated heterocycles. The number of benzene rings is 1. The Morgan fingerprint density at radius 1 is 1.36 bits per heavy atom. The number of likely N-dealkylation sites (N-methyl/N-ethyl adjacent to an activating group) is 1. The molecule has 1 aliphatic rings. The molecule has 1 unspecified atom stereocenters. The molecule has 0 spiro atoms. The van der Waals surface area contributed by atoms with Crippen molar-refractivity contribution in [1.82, 2.24) is 15.2 Å². The number of ether oxygens (including phenoxy) is 1. The molecule has 2 heterocycles. The summed E-state index contributed by atoms with van der Waals surface area (Å²) >= 11 is 0. The molecular formula is C20H22N4O4. The zero-order chi connectivity index (χ0) is 20.1. The quantitative estimate of drug-likeness (QED) is 0.757. The second-order valence-corrected chi connectivity index (χ2v) is 6.59. The highest BCUT2D eigenvalue weighted by atomic mass is 16.5. The Balaban J connectivity index is 1.75. The van der Waals surface area contributed by atoms with Crippen LogP contribution >= 0.6 is 0 Å². The number of carbonyl (C=O) groups is 3. The first-order chi connectivity index (χ1) is 13.5. The van der Waals surface area contributed by atoms with Crippen molar-refractivity contribution >= 4 is 23.5 Å². The number of nitrogens with one attached hydrogen (secondary N) is 2. The van der Waals surface area contributed by atoms with Gasteiger partial charge in [0.2, 0.25) is 5.91 Å². The van der Waals surface area contributed by atoms with E-state index in [0.717, 1.165) is 16.8 Å². The topological polar surface area (TPSA) is 101 Å². The van der Waals surface area contributed by atoms with Gasteiger partial charge in [-0.2, -0.15) is 0 Å². The fourth-order valence-electron chi connectivity index (χ4n) is 3.03. The standard InChI is InChI=1S/C20H22N4O4/c1-24-12-15-8-14(19(26)22-11-13-4-3-7-21-10-13)5-6-16(15)23-17(20(24)27)9-18(25)28-2/h3-8,10,17,23H,9,11-12H2,1-2H3,(H,22,26). The lowest BCUT2D eigenvalue weighted by Crippen LogP contribution is -2.39. The monoisotopic (exact) mass is 382 g/mol. The summed E-state index contributed by atoms with van der Waals surface area (Å²) in [5, 5.41) is 5.96. The predicted octanol–water partition coefficient (Wildman–Crippen LogP) is 1.33. The first-order valence-corrected chi connectivity index (χ1v) is 8.86. The molecule has 0 aliphatic carbocycles. The van der Waals surface area contributed by atoms with E-state index in [1.807, 2.05) is 12.1 Å². The average Bonchev–Trinajstić information content (AvgIpc) is 2.83. The van der Waals surface area contributed by atoms with Gasteiger partial charge < -0.3 is 20.3 Å². The second-order valence-electron chi connectivity index (χ2n) is 6.59. The van der Waals surface area contributed by atoms with Crippen LogP contribution in [0.15, 0.2) is 42.7 Å². The summed E-state index contributed by atoms with van der Waals surface area (Å²) in [5.41, 5.74) is 2.92. The van der Waals surface area contributed by atoms with E-state index in [1.54, 1.807) is 37.6 Å². The Bertz CT molecular complexity index is 885. The number of nitrogens with zero attached hydrogens (tertiary/aromatic N) is 2. The van der Waals surface area contributed by atoms with E-state index in [9.17, 15) is 14.4 Å². The first-order valence-electron chi connectivity index (χ1n) is 8.86. The Kier molecular flexibility index (Phi) is 5.88. The molecule has 0 bridgehead atoms. The highest BCUT2D eigenvalue weighted by Gasteiger charge is 2.29. The zero-order valence-electron chi connectivity index (χ0n) is 15.8. The molecule has 3 rings (SSSR count). The number of methoxy groups -OCH3 is 1. The normalized spacial score (nSPS) is 15.9. The molecule has 8 nitrogen and oxygen atoms in total. The van der Waals surface area contributed by atoms with Gasteiger partial charge in [0, 0.05) is 43.8 Å². The summed E-state index contributed by atoms with van der Waals surface area (Å²) in [4.78, 5) is 42.2. The number of fused-ring (bicyclic) bond motifs is 1. The van der Waals surface area contributed by atoms with Crippen LogP contribution in [0.3, 0.4) is 0 Å². The van der Waals surface area contributed by atoms with E-state index in [-0.39, 0.29) is 18.2 Å². The number of amides is 2. The van der Waals surface area contributed by atoms with E-state index in [4.69, 9.17) is 0 Å². The van der Waals surface area contributed by atoms with Gasteiger partial charge in [0.25, 0.3) is 5.91 Å². The molecule has 0 saturated carbocycles. The van der Waals surface area contributed by atoms with Crippen LogP contribution in [0.5, 0.6) is 0 Å². The number of hydrogen-bond donors (Lipinski definition) is 2. The van der Waals surface area contributed by atoms with Gasteiger partial charge in [-0.1, -0.05) is 6.07 Å². The Morgan fingerprint density at radius 3 is 2.89 bits per heavy atom. The van der Waals surface area contributed by atoms with E-state index in [1.165, 1.54) is 12.0 Å². The van der Waals surface area contributed by atoms with E-state index in [2.05, 4.69) is 20.4 Å². The maximum atomic E-state index is 12.5. The fraction of sp³-hybridized carbons (Fsp3) is 0.300. The van der Waals surface area contributed by atoms with Crippen LogP contribution in [0.2, 0.25) is 0 Å². The molecular weight excluding hydrogens is 360 g/mol. The van der Waals surface area contributed by atoms with Gasteiger partial charge in [-0.05, 0) is 35.4 Å². The fourth-order valence-corrected chi connectivity index (χ4v) is 3.03. The molecule has 0 fully saturated rings. The maximum Gasteiger partial charge on any atom is 0.308 e. The maximum absolute atomic E-state index is 12.5. The minimum atomic E-state index is -0.705. The van der Waals surface area contributed by atoms with Gasteiger partial charge >= 0.3 is 5.97 Å². The predicted molar refractivity (Wildman–Crippen MR) is 102 cm³/mol. The molecule has 1 aliphatic heterocycles. The highest BCUT2D eigenvalue weighted by molar-refractivity contribution is 5.95. The van der Waals surface area contributed by atoms with Crippen molar-refractivity contribution in [3.8, 4) is 0 Å². The summed E-state index contributed by atoms with van der Waals surface area (Å²) in [5.74, 6) is -0.880. The summed E-state index contributed by atoms with van der Waals surface area (Å²) in [7, 11) is 2.95. The molecule has 1 aromatic heterocycles. The molecule has 146 valence electrons. The van der Waals surface area contributed by atoms with Crippen molar-refractivity contribution in [2.45, 2.75) is 25.6 Å². The lowest BCUT2D eigenvalue weighted by molar-refractivity contribution is -0.143. The largest absolute Gasteiger partial charge is 0.469 e. The molecule has 1 aromatic carbocycles. The van der Waals surface area contributed by atoms with Crippen molar-refractivity contribution < 1.29 is 19.1 Å². The van der Waals surface area contributed by atoms with Gasteiger partial charge in [0.15, 0.2) is 0 Å². The SMILES string of the molecule is COC(=O)CC1Nc2ccc(C(=O)NCc3cccnc3)cc2CN(C)C1=O. The minimum Gasteiger partial charge on any atom is -0.469 e. The van der Waals surface area contributed by atoms with Crippen LogP contribution in [-0.4, -0.2) is 47.9 Å². The lowest BCUT2D eigenvalue weighted by Gasteiger charge is -2.19. The smallest absolute Gasteiger partial charge is 0.308 e. The minimum absolute atomic E-state index is 0.0630. The van der Waals surface area contributed by atoms with Crippen molar-refractivity contribution in [2.24, 2.45) is 0 Å². The van der Waals surface area contributed by atoms with Crippen molar-refractivity contribution in [3.05, 3.63) is 59.4 Å². The second kappa shape index (κ2) is 8.51. The average molecular weight is 382 g/mol. The van der Waals surface area contributed by atoms with Crippen LogP contribution in [-0.2, 0) is 27.4 Å². The molecule has 0 radical (unpaired) electrons. The van der Waals surface area contributed by atoms with E-state index in [0.29, 0.717) is 18.7 Å². The van der Waals surface area contributed by atoms with Gasteiger partial charge in [-0.3, -0.25) is 19.4 Å². The number of rotatable bonds is 5. The number of hydrogen-bond acceptors (Lipinski definition) is 6. The number of pyridine rings is 1. The molecule has 1 atom stereocenters. The van der Waals surface area contributed by atoms with Crippen molar-refractivity contribution in [3.63, 3.8) is 0 Å². The van der Waals surface area contributed by atoms with Crippen LogP contribution in [0, 0.1) is 0 Å². The van der Waals surface area contributed by atoms with Crippen LogP contribution < -0.4 is 10.6 Å². The van der Waals surface area contributed by atoms with Gasteiger partial charge in [0.1, 0.15) is 6.04 Å². The summed E-state index contributed by atoms with van der Waals surface area (Å²) in [6, 6.07) is 8.19. The number of carbonyl (C=O) groups excluding carboxylic acids is 3. The lowest BCUT2D eigenvalue weighted by atomic mass is 10.1. The van der Waals surface area contributed by atoms with Gasteiger partial charge in [-0.15, -0.1) is 0 Å². The van der Waals surface area contributed by atoms with Crippen molar-refractivity contribution in [1.29, 1.82) is 0 Å². The van der Waals surface area contributed by atoms with Crippen molar-refractivity contribution in [2.75, 3.05) is 19.5 Å².